The van der Waals surface area contributed by atoms with E-state index in [1.54, 1.807) is 0 Å². The first kappa shape index (κ1) is 14.3. The van der Waals surface area contributed by atoms with Gasteiger partial charge in [0.2, 0.25) is 0 Å². The van der Waals surface area contributed by atoms with Gasteiger partial charge in [-0.05, 0) is 57.5 Å². The van der Waals surface area contributed by atoms with Crippen LogP contribution in [0.1, 0.15) is 58.8 Å². The Morgan fingerprint density at radius 1 is 1.17 bits per heavy atom. The zero-order valence-corrected chi connectivity index (χ0v) is 12.7. The molecule has 1 aliphatic heterocycles. The predicted molar refractivity (Wildman–Crippen MR) is 78.9 cm³/mol. The average molecular weight is 252 g/mol. The van der Waals surface area contributed by atoms with Crippen LogP contribution in [0.25, 0.3) is 0 Å². The maximum Gasteiger partial charge on any atom is 0.00697 e. The van der Waals surface area contributed by atoms with Crippen LogP contribution in [0.3, 0.4) is 0 Å². The van der Waals surface area contributed by atoms with Gasteiger partial charge in [0.1, 0.15) is 0 Å². The van der Waals surface area contributed by atoms with Gasteiger partial charge < -0.3 is 10.2 Å². The summed E-state index contributed by atoms with van der Waals surface area (Å²) < 4.78 is 0. The highest BCUT2D eigenvalue weighted by Gasteiger charge is 2.35. The van der Waals surface area contributed by atoms with Crippen molar-refractivity contribution in [3.05, 3.63) is 0 Å². The summed E-state index contributed by atoms with van der Waals surface area (Å²) >= 11 is 0. The van der Waals surface area contributed by atoms with Crippen LogP contribution in [0.2, 0.25) is 0 Å². The lowest BCUT2D eigenvalue weighted by Crippen LogP contribution is -2.50. The molecule has 0 spiro atoms. The van der Waals surface area contributed by atoms with Crippen molar-refractivity contribution in [2.75, 3.05) is 26.7 Å². The molecule has 2 rings (SSSR count). The molecular weight excluding hydrogens is 220 g/mol. The molecule has 2 nitrogen and oxygen atoms in total. The van der Waals surface area contributed by atoms with Crippen LogP contribution in [-0.2, 0) is 0 Å². The Labute approximate surface area is 114 Å². The van der Waals surface area contributed by atoms with E-state index in [2.05, 4.69) is 31.1 Å². The van der Waals surface area contributed by atoms with E-state index in [1.165, 1.54) is 64.6 Å². The van der Waals surface area contributed by atoms with Crippen molar-refractivity contribution in [3.63, 3.8) is 0 Å². The fraction of sp³-hybridized carbons (Fsp3) is 1.00. The van der Waals surface area contributed by atoms with Crippen molar-refractivity contribution >= 4 is 0 Å². The summed E-state index contributed by atoms with van der Waals surface area (Å²) in [6, 6.07) is 0.796. The predicted octanol–water partition coefficient (Wildman–Crippen LogP) is 3.28. The second kappa shape index (κ2) is 6.38. The van der Waals surface area contributed by atoms with E-state index in [0.29, 0.717) is 5.41 Å². The van der Waals surface area contributed by atoms with Crippen LogP contribution < -0.4 is 5.32 Å². The highest BCUT2D eigenvalue weighted by molar-refractivity contribution is 4.90. The number of likely N-dealkylation sites (tertiary alicyclic amines) is 1. The molecule has 1 aliphatic carbocycles. The van der Waals surface area contributed by atoms with Crippen LogP contribution in [-0.4, -0.2) is 37.6 Å². The number of piperidine rings is 1. The Morgan fingerprint density at radius 3 is 2.50 bits per heavy atom. The minimum atomic E-state index is 0.571. The van der Waals surface area contributed by atoms with Gasteiger partial charge in [0.25, 0.3) is 0 Å². The van der Waals surface area contributed by atoms with Crippen molar-refractivity contribution in [2.24, 2.45) is 11.3 Å². The highest BCUT2D eigenvalue weighted by atomic mass is 15.2. The second-order valence-electron chi connectivity index (χ2n) is 7.04. The van der Waals surface area contributed by atoms with Crippen LogP contribution in [0.5, 0.6) is 0 Å². The van der Waals surface area contributed by atoms with Crippen molar-refractivity contribution in [3.8, 4) is 0 Å². The number of hydrogen-bond acceptors (Lipinski definition) is 2. The van der Waals surface area contributed by atoms with Crippen LogP contribution in [0.4, 0.5) is 0 Å². The van der Waals surface area contributed by atoms with E-state index in [9.17, 15) is 0 Å². The molecule has 0 aromatic carbocycles. The molecule has 0 radical (unpaired) electrons. The topological polar surface area (TPSA) is 15.3 Å². The summed E-state index contributed by atoms with van der Waals surface area (Å²) in [5.74, 6) is 0.933. The lowest BCUT2D eigenvalue weighted by Gasteiger charge is -2.45. The van der Waals surface area contributed by atoms with Gasteiger partial charge in [0.05, 0.1) is 0 Å². The maximum atomic E-state index is 3.46. The van der Waals surface area contributed by atoms with E-state index in [0.717, 1.165) is 12.0 Å². The minimum Gasteiger partial charge on any atom is -0.319 e. The zero-order chi connectivity index (χ0) is 13.0. The molecular formula is C16H32N2. The summed E-state index contributed by atoms with van der Waals surface area (Å²) in [5, 5.41) is 3.46. The molecule has 18 heavy (non-hydrogen) atoms. The van der Waals surface area contributed by atoms with E-state index in [1.807, 2.05) is 0 Å². The Hall–Kier alpha value is -0.0800. The van der Waals surface area contributed by atoms with Crippen molar-refractivity contribution in [1.29, 1.82) is 0 Å². The van der Waals surface area contributed by atoms with Crippen molar-refractivity contribution < 1.29 is 0 Å². The third kappa shape index (κ3) is 3.48. The molecule has 2 heteroatoms. The molecule has 2 atom stereocenters. The van der Waals surface area contributed by atoms with Gasteiger partial charge >= 0.3 is 0 Å². The molecule has 1 N–H and O–H groups in total. The van der Waals surface area contributed by atoms with Crippen molar-refractivity contribution in [1.82, 2.24) is 10.2 Å². The van der Waals surface area contributed by atoms with Gasteiger partial charge in [0, 0.05) is 19.1 Å². The SMILES string of the molecule is CNCC1(CN2CCC(C)CC2C)CCCCC1. The molecule has 0 aromatic rings. The smallest absolute Gasteiger partial charge is 0.00697 e. The summed E-state index contributed by atoms with van der Waals surface area (Å²) in [6.07, 6.45) is 10.0. The Balaban J connectivity index is 1.95. The third-order valence-corrected chi connectivity index (χ3v) is 5.28. The first-order chi connectivity index (χ1) is 8.65. The van der Waals surface area contributed by atoms with Gasteiger partial charge in [-0.3, -0.25) is 0 Å². The first-order valence-corrected chi connectivity index (χ1v) is 8.04. The number of hydrogen-bond donors (Lipinski definition) is 1. The first-order valence-electron chi connectivity index (χ1n) is 8.04. The lowest BCUT2D eigenvalue weighted by atomic mass is 9.73. The molecule has 2 aliphatic rings. The van der Waals surface area contributed by atoms with Gasteiger partial charge in [-0.25, -0.2) is 0 Å². The molecule has 0 bridgehead atoms. The normalized spacial score (nSPS) is 33.5. The van der Waals surface area contributed by atoms with E-state index in [-0.39, 0.29) is 0 Å². The molecule has 2 unspecified atom stereocenters. The van der Waals surface area contributed by atoms with Gasteiger partial charge in [-0.1, -0.05) is 26.2 Å². The quantitative estimate of drug-likeness (QED) is 0.826. The highest BCUT2D eigenvalue weighted by Crippen LogP contribution is 2.38. The third-order valence-electron chi connectivity index (χ3n) is 5.28. The van der Waals surface area contributed by atoms with E-state index < -0.39 is 0 Å². The second-order valence-corrected chi connectivity index (χ2v) is 7.04. The molecule has 1 saturated heterocycles. The molecule has 1 saturated carbocycles. The Kier molecular flexibility index (Phi) is 5.08. The van der Waals surface area contributed by atoms with Crippen LogP contribution >= 0.6 is 0 Å². The van der Waals surface area contributed by atoms with Gasteiger partial charge in [-0.2, -0.15) is 0 Å². The van der Waals surface area contributed by atoms with Gasteiger partial charge in [-0.15, -0.1) is 0 Å². The average Bonchev–Trinajstić information content (AvgIpc) is 2.34. The van der Waals surface area contributed by atoms with Gasteiger partial charge in [0.15, 0.2) is 0 Å². The number of nitrogens with zero attached hydrogens (tertiary/aromatic N) is 1. The summed E-state index contributed by atoms with van der Waals surface area (Å²) in [7, 11) is 2.12. The minimum absolute atomic E-state index is 0.571. The summed E-state index contributed by atoms with van der Waals surface area (Å²) in [5.41, 5.74) is 0.571. The monoisotopic (exact) mass is 252 g/mol. The van der Waals surface area contributed by atoms with Crippen LogP contribution in [0.15, 0.2) is 0 Å². The molecule has 0 aromatic heterocycles. The fourth-order valence-corrected chi connectivity index (χ4v) is 4.19. The molecule has 0 amide bonds. The molecule has 106 valence electrons. The maximum absolute atomic E-state index is 3.46. The molecule has 2 fully saturated rings. The summed E-state index contributed by atoms with van der Waals surface area (Å²) in [6.45, 7) is 8.73. The summed E-state index contributed by atoms with van der Waals surface area (Å²) in [4.78, 5) is 2.78. The fourth-order valence-electron chi connectivity index (χ4n) is 4.19. The molecule has 1 heterocycles. The van der Waals surface area contributed by atoms with E-state index in [4.69, 9.17) is 0 Å². The zero-order valence-electron chi connectivity index (χ0n) is 12.7. The van der Waals surface area contributed by atoms with E-state index >= 15 is 0 Å². The standard InChI is InChI=1S/C16H32N2/c1-14-7-10-18(15(2)11-14)13-16(12-17-3)8-5-4-6-9-16/h14-15,17H,4-13H2,1-3H3. The number of nitrogens with one attached hydrogen (secondary N) is 1. The largest absolute Gasteiger partial charge is 0.319 e. The van der Waals surface area contributed by atoms with Crippen molar-refractivity contribution in [2.45, 2.75) is 64.8 Å². The van der Waals surface area contributed by atoms with Crippen LogP contribution in [0, 0.1) is 11.3 Å². The Bertz CT molecular complexity index is 240. The number of rotatable bonds is 4. The lowest BCUT2D eigenvalue weighted by molar-refractivity contribution is 0.0493. The Morgan fingerprint density at radius 2 is 1.89 bits per heavy atom.